The molecule has 0 spiro atoms. The summed E-state index contributed by atoms with van der Waals surface area (Å²) in [5.41, 5.74) is 7.10. The maximum absolute atomic E-state index is 13.9. The number of hydrogen-bond donors (Lipinski definition) is 1. The molecular weight excluding hydrogens is 322 g/mol. The Morgan fingerprint density at radius 3 is 2.56 bits per heavy atom. The molecule has 2 N–H and O–H groups in total. The lowest BCUT2D eigenvalue weighted by Gasteiger charge is -2.22. The molecule has 0 aromatic heterocycles. The van der Waals surface area contributed by atoms with Crippen molar-refractivity contribution in [3.8, 4) is 0 Å². The Bertz CT molecular complexity index is 736. The van der Waals surface area contributed by atoms with Gasteiger partial charge < -0.3 is 10.6 Å². The molecule has 0 radical (unpaired) electrons. The van der Waals surface area contributed by atoms with Crippen molar-refractivity contribution in [3.63, 3.8) is 0 Å². The Hall–Kier alpha value is -2.27. The summed E-state index contributed by atoms with van der Waals surface area (Å²) < 4.78 is 27.3. The second-order valence-electron chi connectivity index (χ2n) is 6.44. The third-order valence-electron chi connectivity index (χ3n) is 4.71. The predicted octanol–water partition coefficient (Wildman–Crippen LogP) is 3.10. The van der Waals surface area contributed by atoms with E-state index >= 15 is 0 Å². The molecule has 1 fully saturated rings. The van der Waals surface area contributed by atoms with Crippen molar-refractivity contribution in [3.05, 3.63) is 71.3 Å². The summed E-state index contributed by atoms with van der Waals surface area (Å²) in [4.78, 5) is 14.5. The number of nitrogens with two attached hydrogens (primary N) is 1. The average molecular weight is 344 g/mol. The molecule has 5 heteroatoms. The van der Waals surface area contributed by atoms with E-state index in [-0.39, 0.29) is 17.7 Å². The molecule has 2 aromatic rings. The predicted molar refractivity (Wildman–Crippen MR) is 93.0 cm³/mol. The van der Waals surface area contributed by atoms with Crippen LogP contribution < -0.4 is 5.73 Å². The van der Waals surface area contributed by atoms with Gasteiger partial charge >= 0.3 is 0 Å². The molecule has 0 aliphatic heterocycles. The lowest BCUT2D eigenvalue weighted by atomic mass is 10.1. The molecule has 1 amide bonds. The Balaban J connectivity index is 1.64. The number of rotatable bonds is 7. The minimum Gasteiger partial charge on any atom is -0.341 e. The Labute approximate surface area is 146 Å². The highest BCUT2D eigenvalue weighted by Crippen LogP contribution is 2.49. The van der Waals surface area contributed by atoms with E-state index in [1.165, 1.54) is 6.07 Å². The van der Waals surface area contributed by atoms with Gasteiger partial charge in [0.25, 0.3) is 0 Å². The smallest absolute Gasteiger partial charge is 0.226 e. The number of amides is 1. The third kappa shape index (κ3) is 4.04. The van der Waals surface area contributed by atoms with Crippen molar-refractivity contribution in [1.29, 1.82) is 0 Å². The van der Waals surface area contributed by atoms with Crippen LogP contribution in [0, 0.1) is 17.6 Å². The van der Waals surface area contributed by atoms with Gasteiger partial charge in [0.1, 0.15) is 0 Å². The first kappa shape index (κ1) is 17.5. The van der Waals surface area contributed by atoms with Gasteiger partial charge in [0.15, 0.2) is 11.6 Å². The maximum Gasteiger partial charge on any atom is 0.226 e. The van der Waals surface area contributed by atoms with E-state index in [1.54, 1.807) is 11.0 Å². The van der Waals surface area contributed by atoms with Crippen molar-refractivity contribution < 1.29 is 13.6 Å². The summed E-state index contributed by atoms with van der Waals surface area (Å²) in [5, 5.41) is 0. The minimum atomic E-state index is -0.863. The molecule has 3 nitrogen and oxygen atoms in total. The molecule has 2 aromatic carbocycles. The molecular formula is C20H22F2N2O. The highest BCUT2D eigenvalue weighted by molar-refractivity contribution is 5.83. The van der Waals surface area contributed by atoms with Crippen molar-refractivity contribution in [2.24, 2.45) is 11.7 Å². The number of benzene rings is 2. The van der Waals surface area contributed by atoms with Gasteiger partial charge in [0, 0.05) is 25.6 Å². The standard InChI is InChI=1S/C20H22F2N2O/c21-18-8-4-7-15(19(18)22)16-13-17(16)20(25)24(12-10-23)11-9-14-5-2-1-3-6-14/h1-8,16-17H,9-13,23H2. The number of carbonyl (C=O) groups excluding carboxylic acids is 1. The summed E-state index contributed by atoms with van der Waals surface area (Å²) in [6, 6.07) is 14.1. The topological polar surface area (TPSA) is 46.3 Å². The largest absolute Gasteiger partial charge is 0.341 e. The SMILES string of the molecule is NCCN(CCc1ccccc1)C(=O)C1CC1c1cccc(F)c1F. The monoisotopic (exact) mass is 344 g/mol. The number of halogens is 2. The van der Waals surface area contributed by atoms with E-state index < -0.39 is 11.6 Å². The zero-order chi connectivity index (χ0) is 17.8. The molecule has 1 aliphatic rings. The molecule has 0 bridgehead atoms. The van der Waals surface area contributed by atoms with Gasteiger partial charge in [0.05, 0.1) is 0 Å². The van der Waals surface area contributed by atoms with E-state index in [9.17, 15) is 13.6 Å². The van der Waals surface area contributed by atoms with Crippen LogP contribution in [-0.2, 0) is 11.2 Å². The Morgan fingerprint density at radius 2 is 1.84 bits per heavy atom. The minimum absolute atomic E-state index is 0.0185. The summed E-state index contributed by atoms with van der Waals surface area (Å²) >= 11 is 0. The molecule has 25 heavy (non-hydrogen) atoms. The highest BCUT2D eigenvalue weighted by atomic mass is 19.2. The van der Waals surface area contributed by atoms with Crippen LogP contribution in [0.3, 0.4) is 0 Å². The fraction of sp³-hybridized carbons (Fsp3) is 0.350. The average Bonchev–Trinajstić information content (AvgIpc) is 3.42. The molecule has 1 saturated carbocycles. The molecule has 3 rings (SSSR count). The molecule has 0 heterocycles. The van der Waals surface area contributed by atoms with Crippen LogP contribution in [0.2, 0.25) is 0 Å². The maximum atomic E-state index is 13.9. The van der Waals surface area contributed by atoms with Crippen molar-refractivity contribution >= 4 is 5.91 Å². The summed E-state index contributed by atoms with van der Waals surface area (Å²) in [6.45, 7) is 1.43. The van der Waals surface area contributed by atoms with E-state index in [2.05, 4.69) is 0 Å². The second-order valence-corrected chi connectivity index (χ2v) is 6.44. The molecule has 2 atom stereocenters. The normalized spacial score (nSPS) is 18.8. The van der Waals surface area contributed by atoms with Gasteiger partial charge in [-0.1, -0.05) is 42.5 Å². The lowest BCUT2D eigenvalue weighted by Crippen LogP contribution is -2.38. The molecule has 1 aliphatic carbocycles. The van der Waals surface area contributed by atoms with E-state index in [1.807, 2.05) is 30.3 Å². The first-order valence-corrected chi connectivity index (χ1v) is 8.58. The van der Waals surface area contributed by atoms with Crippen LogP contribution in [0.4, 0.5) is 8.78 Å². The Morgan fingerprint density at radius 1 is 1.08 bits per heavy atom. The van der Waals surface area contributed by atoms with Crippen LogP contribution in [0.15, 0.2) is 48.5 Å². The van der Waals surface area contributed by atoms with E-state index in [0.29, 0.717) is 31.6 Å². The van der Waals surface area contributed by atoms with Gasteiger partial charge in [-0.3, -0.25) is 4.79 Å². The third-order valence-corrected chi connectivity index (χ3v) is 4.71. The molecule has 2 unspecified atom stereocenters. The molecule has 132 valence electrons. The first-order chi connectivity index (χ1) is 12.1. The van der Waals surface area contributed by atoms with Crippen molar-refractivity contribution in [2.45, 2.75) is 18.8 Å². The van der Waals surface area contributed by atoms with Crippen LogP contribution in [0.5, 0.6) is 0 Å². The van der Waals surface area contributed by atoms with Crippen LogP contribution in [-0.4, -0.2) is 30.4 Å². The fourth-order valence-corrected chi connectivity index (χ4v) is 3.25. The van der Waals surface area contributed by atoms with Gasteiger partial charge in [-0.15, -0.1) is 0 Å². The molecule has 0 saturated heterocycles. The lowest BCUT2D eigenvalue weighted by molar-refractivity contribution is -0.132. The van der Waals surface area contributed by atoms with Crippen LogP contribution in [0.25, 0.3) is 0 Å². The first-order valence-electron chi connectivity index (χ1n) is 8.58. The van der Waals surface area contributed by atoms with Crippen LogP contribution >= 0.6 is 0 Å². The Kier molecular flexibility index (Phi) is 5.43. The fourth-order valence-electron chi connectivity index (χ4n) is 3.25. The van der Waals surface area contributed by atoms with Gasteiger partial charge in [0.2, 0.25) is 5.91 Å². The zero-order valence-electron chi connectivity index (χ0n) is 14.0. The summed E-state index contributed by atoms with van der Waals surface area (Å²) in [6.07, 6.45) is 1.31. The second kappa shape index (κ2) is 7.74. The highest BCUT2D eigenvalue weighted by Gasteiger charge is 2.47. The van der Waals surface area contributed by atoms with E-state index in [0.717, 1.165) is 18.1 Å². The van der Waals surface area contributed by atoms with Crippen LogP contribution in [0.1, 0.15) is 23.5 Å². The zero-order valence-corrected chi connectivity index (χ0v) is 14.0. The van der Waals surface area contributed by atoms with Gasteiger partial charge in [-0.2, -0.15) is 0 Å². The van der Waals surface area contributed by atoms with Crippen molar-refractivity contribution in [2.75, 3.05) is 19.6 Å². The number of hydrogen-bond acceptors (Lipinski definition) is 2. The number of carbonyl (C=O) groups is 1. The number of nitrogens with zero attached hydrogens (tertiary/aromatic N) is 1. The quantitative estimate of drug-likeness (QED) is 0.839. The van der Waals surface area contributed by atoms with Gasteiger partial charge in [-0.05, 0) is 36.0 Å². The van der Waals surface area contributed by atoms with Crippen molar-refractivity contribution in [1.82, 2.24) is 4.90 Å². The summed E-state index contributed by atoms with van der Waals surface area (Å²) in [5.74, 6) is -2.23. The van der Waals surface area contributed by atoms with Gasteiger partial charge in [-0.25, -0.2) is 8.78 Å². The van der Waals surface area contributed by atoms with E-state index in [4.69, 9.17) is 5.73 Å². The summed E-state index contributed by atoms with van der Waals surface area (Å²) in [7, 11) is 0.